The summed E-state index contributed by atoms with van der Waals surface area (Å²) >= 11 is 0. The molecule has 1 heterocycles. The highest BCUT2D eigenvalue weighted by Crippen LogP contribution is 2.23. The van der Waals surface area contributed by atoms with Gasteiger partial charge in [0.2, 0.25) is 0 Å². The molecular formula is C12H21F3N2O2. The summed E-state index contributed by atoms with van der Waals surface area (Å²) in [4.78, 5) is 13.5. The van der Waals surface area contributed by atoms with Crippen LogP contribution in [0.25, 0.3) is 0 Å². The van der Waals surface area contributed by atoms with Crippen molar-refractivity contribution in [2.45, 2.75) is 45.5 Å². The molecule has 1 amide bonds. The Hall–Kier alpha value is -0.980. The van der Waals surface area contributed by atoms with E-state index in [-0.39, 0.29) is 0 Å². The maximum atomic E-state index is 12.5. The Morgan fingerprint density at radius 1 is 1.32 bits per heavy atom. The lowest BCUT2D eigenvalue weighted by molar-refractivity contribution is -0.200. The average molecular weight is 286 g/mol. The minimum Gasteiger partial charge on any atom is -0.437 e. The first-order valence-electron chi connectivity index (χ1n) is 7.93. The van der Waals surface area contributed by atoms with Crippen LogP contribution in [-0.4, -0.2) is 59.8 Å². The quantitative estimate of drug-likeness (QED) is 0.742. The molecule has 19 heavy (non-hydrogen) atoms. The van der Waals surface area contributed by atoms with Crippen molar-refractivity contribution < 1.29 is 28.2 Å². The number of ether oxygens (including phenoxy) is 1. The second-order valence-electron chi connectivity index (χ2n) is 5.20. The fraction of sp³-hybridized carbons (Fsp3) is 0.917. The van der Waals surface area contributed by atoms with Crippen LogP contribution in [0.4, 0.5) is 18.0 Å². The average Bonchev–Trinajstić information content (AvgIpc) is 2.30. The Kier molecular flexibility index (Phi) is 3.15. The molecule has 1 aliphatic rings. The zero-order chi connectivity index (χ0) is 18.4. The summed E-state index contributed by atoms with van der Waals surface area (Å²) in [5, 5.41) is 0. The first kappa shape index (κ1) is 10.8. The van der Waals surface area contributed by atoms with Gasteiger partial charge < -0.3 is 9.64 Å². The number of alkyl halides is 3. The van der Waals surface area contributed by atoms with Gasteiger partial charge in [0.25, 0.3) is 0 Å². The van der Waals surface area contributed by atoms with E-state index in [0.29, 0.717) is 11.8 Å². The van der Waals surface area contributed by atoms with Gasteiger partial charge in [-0.15, -0.1) is 0 Å². The van der Waals surface area contributed by atoms with E-state index in [4.69, 9.17) is 5.48 Å². The van der Waals surface area contributed by atoms with Crippen molar-refractivity contribution in [3.63, 3.8) is 0 Å². The van der Waals surface area contributed by atoms with Crippen LogP contribution in [0.2, 0.25) is 0 Å². The van der Waals surface area contributed by atoms with E-state index in [1.165, 1.54) is 0 Å². The molecule has 0 aliphatic carbocycles. The molecule has 0 bridgehead atoms. The third-order valence-corrected chi connectivity index (χ3v) is 2.51. The van der Waals surface area contributed by atoms with Crippen molar-refractivity contribution in [1.29, 1.82) is 0 Å². The summed E-state index contributed by atoms with van der Waals surface area (Å²) in [7, 11) is 0. The number of rotatable bonds is 1. The summed E-state index contributed by atoms with van der Waals surface area (Å²) in [6, 6.07) is 0. The highest BCUT2D eigenvalue weighted by Gasteiger charge is 2.40. The Labute approximate surface area is 117 Å². The summed E-state index contributed by atoms with van der Waals surface area (Å²) in [5.74, 6) is 0. The highest BCUT2D eigenvalue weighted by atomic mass is 19.4. The molecule has 3 atom stereocenters. The third-order valence-electron chi connectivity index (χ3n) is 2.51. The van der Waals surface area contributed by atoms with Crippen molar-refractivity contribution in [3.8, 4) is 0 Å². The number of halogens is 3. The van der Waals surface area contributed by atoms with Crippen LogP contribution in [0.5, 0.6) is 0 Å². The molecule has 0 aromatic rings. The number of nitrogens with zero attached hydrogens (tertiary/aromatic N) is 2. The van der Waals surface area contributed by atoms with Gasteiger partial charge in [-0.3, -0.25) is 4.90 Å². The van der Waals surface area contributed by atoms with Crippen molar-refractivity contribution in [2.75, 3.05) is 26.1 Å². The molecule has 1 fully saturated rings. The molecule has 112 valence electrons. The fourth-order valence-electron chi connectivity index (χ4n) is 1.29. The van der Waals surface area contributed by atoms with E-state index in [1.54, 1.807) is 20.8 Å². The van der Waals surface area contributed by atoms with Crippen molar-refractivity contribution in [2.24, 2.45) is 0 Å². The SMILES string of the molecule is [2H]C1CN(C(=O)OC(C)C(F)(F)F)C([2H])C([2H])([2H])N1C(C)(C)C. The predicted molar refractivity (Wildman–Crippen MR) is 64.9 cm³/mol. The molecule has 0 saturated carbocycles. The number of carbonyl (C=O) groups excluding carboxylic acids is 1. The van der Waals surface area contributed by atoms with Gasteiger partial charge in [0.05, 0.1) is 1.37 Å². The van der Waals surface area contributed by atoms with Gasteiger partial charge in [0.1, 0.15) is 0 Å². The summed E-state index contributed by atoms with van der Waals surface area (Å²) in [5.41, 5.74) is -0.801. The molecule has 1 saturated heterocycles. The van der Waals surface area contributed by atoms with Gasteiger partial charge in [0, 0.05) is 35.7 Å². The lowest BCUT2D eigenvalue weighted by atomic mass is 10.1. The van der Waals surface area contributed by atoms with Crippen LogP contribution in [0.3, 0.4) is 0 Å². The van der Waals surface area contributed by atoms with Crippen LogP contribution in [0.15, 0.2) is 0 Å². The Bertz CT molecular complexity index is 457. The van der Waals surface area contributed by atoms with Crippen LogP contribution in [-0.2, 0) is 4.74 Å². The molecular weight excluding hydrogens is 261 g/mol. The van der Waals surface area contributed by atoms with Crippen molar-refractivity contribution in [1.82, 2.24) is 9.80 Å². The topological polar surface area (TPSA) is 32.8 Å². The van der Waals surface area contributed by atoms with Crippen LogP contribution >= 0.6 is 0 Å². The number of amides is 1. The van der Waals surface area contributed by atoms with Gasteiger partial charge in [-0.05, 0) is 27.7 Å². The zero-order valence-electron chi connectivity index (χ0n) is 15.3. The van der Waals surface area contributed by atoms with Gasteiger partial charge in [-0.1, -0.05) is 0 Å². The smallest absolute Gasteiger partial charge is 0.425 e. The molecule has 1 rings (SSSR count). The number of hydrogen-bond donors (Lipinski definition) is 0. The van der Waals surface area contributed by atoms with Crippen molar-refractivity contribution in [3.05, 3.63) is 0 Å². The predicted octanol–water partition coefficient (Wildman–Crippen LogP) is 2.49. The lowest BCUT2D eigenvalue weighted by Gasteiger charge is -2.42. The minimum absolute atomic E-state index is 0.422. The number of piperazine rings is 1. The molecule has 0 spiro atoms. The summed E-state index contributed by atoms with van der Waals surface area (Å²) in [6.45, 7) is -0.278. The van der Waals surface area contributed by atoms with Gasteiger partial charge >= 0.3 is 12.3 Å². The standard InChI is InChI=1S/C12H21F3N2O2/c1-9(12(13,14)15)19-10(18)16-5-7-17(8-6-16)11(2,3)4/h9H,5-8H2,1-4H3/i5D,7D2,8D. The van der Waals surface area contributed by atoms with E-state index < -0.39 is 50.0 Å². The highest BCUT2D eigenvalue weighted by molar-refractivity contribution is 5.68. The Morgan fingerprint density at radius 3 is 2.37 bits per heavy atom. The van der Waals surface area contributed by atoms with E-state index in [1.807, 2.05) is 0 Å². The second kappa shape index (κ2) is 5.56. The first-order valence-corrected chi connectivity index (χ1v) is 5.78. The van der Waals surface area contributed by atoms with Crippen LogP contribution in [0.1, 0.15) is 33.2 Å². The van der Waals surface area contributed by atoms with Gasteiger partial charge in [-0.2, -0.15) is 13.2 Å². The zero-order valence-corrected chi connectivity index (χ0v) is 11.3. The van der Waals surface area contributed by atoms with Gasteiger partial charge in [-0.25, -0.2) is 4.79 Å². The largest absolute Gasteiger partial charge is 0.437 e. The molecule has 3 unspecified atom stereocenters. The number of carbonyl (C=O) groups is 1. The second-order valence-corrected chi connectivity index (χ2v) is 5.20. The molecule has 0 aromatic carbocycles. The maximum Gasteiger partial charge on any atom is 0.425 e. The van der Waals surface area contributed by atoms with Gasteiger partial charge in [0.15, 0.2) is 6.10 Å². The van der Waals surface area contributed by atoms with E-state index >= 15 is 0 Å². The van der Waals surface area contributed by atoms with Crippen LogP contribution in [0, 0.1) is 0 Å². The van der Waals surface area contributed by atoms with E-state index in [0.717, 1.165) is 4.90 Å². The monoisotopic (exact) mass is 286 g/mol. The Morgan fingerprint density at radius 2 is 1.89 bits per heavy atom. The normalized spacial score (nSPS) is 33.7. The molecule has 4 nitrogen and oxygen atoms in total. The third kappa shape index (κ3) is 4.56. The Balaban J connectivity index is 2.99. The molecule has 0 radical (unpaired) electrons. The van der Waals surface area contributed by atoms with E-state index in [2.05, 4.69) is 4.74 Å². The first-order chi connectivity index (χ1) is 10.1. The summed E-state index contributed by atoms with van der Waals surface area (Å²) < 4.78 is 73.6. The number of hydrogen-bond acceptors (Lipinski definition) is 3. The maximum absolute atomic E-state index is 12.5. The molecule has 7 heteroatoms. The van der Waals surface area contributed by atoms with Crippen LogP contribution < -0.4 is 0 Å². The lowest BCUT2D eigenvalue weighted by Crippen LogP contribution is -2.55. The summed E-state index contributed by atoms with van der Waals surface area (Å²) in [6.07, 6.45) is -8.58. The minimum atomic E-state index is -4.75. The molecule has 1 aliphatic heterocycles. The fourth-order valence-corrected chi connectivity index (χ4v) is 1.29. The van der Waals surface area contributed by atoms with E-state index in [9.17, 15) is 18.0 Å². The molecule has 0 aromatic heterocycles. The molecule has 0 N–H and O–H groups in total. The van der Waals surface area contributed by atoms with Crippen molar-refractivity contribution >= 4 is 6.09 Å².